The highest BCUT2D eigenvalue weighted by Crippen LogP contribution is 2.13. The van der Waals surface area contributed by atoms with Crippen molar-refractivity contribution in [2.45, 2.75) is 12.8 Å². The zero-order chi connectivity index (χ0) is 12.8. The van der Waals surface area contributed by atoms with Crippen LogP contribution in [0.4, 0.5) is 0 Å². The van der Waals surface area contributed by atoms with Crippen LogP contribution in [0.3, 0.4) is 0 Å². The quantitative estimate of drug-likeness (QED) is 0.322. The Morgan fingerprint density at radius 3 is 2.19 bits per heavy atom. The van der Waals surface area contributed by atoms with Crippen molar-refractivity contribution in [3.63, 3.8) is 0 Å². The van der Waals surface area contributed by atoms with E-state index >= 15 is 0 Å². The highest BCUT2D eigenvalue weighted by atomic mass is 32.3. The van der Waals surface area contributed by atoms with Crippen LogP contribution in [0.5, 0.6) is 0 Å². The summed E-state index contributed by atoms with van der Waals surface area (Å²) in [4.78, 5) is 10.9. The maximum absolute atomic E-state index is 10.9. The lowest BCUT2D eigenvalue weighted by atomic mass is 10.1. The molecule has 0 aromatic rings. The molecule has 1 saturated heterocycles. The highest BCUT2D eigenvalue weighted by Gasteiger charge is 2.26. The van der Waals surface area contributed by atoms with Gasteiger partial charge in [-0.05, 0) is 6.08 Å². The molecule has 1 aliphatic rings. The van der Waals surface area contributed by atoms with E-state index in [1.807, 2.05) is 6.08 Å². The second kappa shape index (κ2) is 6.09. The van der Waals surface area contributed by atoms with Gasteiger partial charge in [-0.1, -0.05) is 6.58 Å². The summed E-state index contributed by atoms with van der Waals surface area (Å²) in [6.45, 7) is 6.69. The van der Waals surface area contributed by atoms with Crippen LogP contribution >= 0.6 is 0 Å². The molecule has 1 rings (SSSR count). The first-order valence-electron chi connectivity index (χ1n) is 4.81. The average molecular weight is 251 g/mol. The first-order valence-corrected chi connectivity index (χ1v) is 6.17. The SMILES string of the molecule is C=CC[N+]1(C)CCC(=O)CC1.O=S(=O)([O-])O. The van der Waals surface area contributed by atoms with E-state index in [1.54, 1.807) is 0 Å². The van der Waals surface area contributed by atoms with E-state index in [4.69, 9.17) is 17.5 Å². The van der Waals surface area contributed by atoms with Crippen molar-refractivity contribution in [1.29, 1.82) is 0 Å². The second-order valence-electron chi connectivity index (χ2n) is 4.00. The van der Waals surface area contributed by atoms with Crippen LogP contribution in [-0.2, 0) is 15.2 Å². The standard InChI is InChI=1S/C9H16NO.H2O4S/c1-3-6-10(2)7-4-9(11)5-8-10;1-5(2,3)4/h3H,1,4-8H2,2H3;(H2,1,2,3,4)/q+1;/p-1. The number of hydrogen-bond acceptors (Lipinski definition) is 4. The molecule has 1 fully saturated rings. The van der Waals surface area contributed by atoms with E-state index in [0.29, 0.717) is 5.78 Å². The third-order valence-corrected chi connectivity index (χ3v) is 2.43. The first kappa shape index (κ1) is 15.2. The number of hydrogen-bond donors (Lipinski definition) is 1. The molecule has 16 heavy (non-hydrogen) atoms. The maximum Gasteiger partial charge on any atom is 0.215 e. The molecule has 1 aliphatic heterocycles. The van der Waals surface area contributed by atoms with Gasteiger partial charge in [0.1, 0.15) is 5.78 Å². The fourth-order valence-corrected chi connectivity index (χ4v) is 1.52. The van der Waals surface area contributed by atoms with E-state index in [1.165, 1.54) is 0 Å². The lowest BCUT2D eigenvalue weighted by Gasteiger charge is -2.36. The zero-order valence-electron chi connectivity index (χ0n) is 9.26. The Labute approximate surface area is 95.7 Å². The Kier molecular flexibility index (Phi) is 5.80. The van der Waals surface area contributed by atoms with Crippen molar-refractivity contribution in [2.75, 3.05) is 26.7 Å². The molecule has 94 valence electrons. The summed E-state index contributed by atoms with van der Waals surface area (Å²) in [6.07, 6.45) is 3.45. The predicted octanol–water partition coefficient (Wildman–Crippen LogP) is -0.0135. The summed E-state index contributed by atoms with van der Waals surface area (Å²) < 4.78 is 33.8. The van der Waals surface area contributed by atoms with E-state index in [-0.39, 0.29) is 0 Å². The third kappa shape index (κ3) is 8.54. The Balaban J connectivity index is 0.000000385. The van der Waals surface area contributed by atoms with Gasteiger partial charge in [0.15, 0.2) is 0 Å². The molecule has 7 heteroatoms. The van der Waals surface area contributed by atoms with Gasteiger partial charge in [0.25, 0.3) is 0 Å². The van der Waals surface area contributed by atoms with Crippen LogP contribution in [0.25, 0.3) is 0 Å². The minimum absolute atomic E-state index is 0.421. The van der Waals surface area contributed by atoms with Gasteiger partial charge in [0.2, 0.25) is 10.4 Å². The fourth-order valence-electron chi connectivity index (χ4n) is 1.52. The molecular weight excluding hydrogens is 234 g/mol. The zero-order valence-corrected chi connectivity index (χ0v) is 10.1. The summed E-state index contributed by atoms with van der Waals surface area (Å²) in [7, 11) is -2.73. The molecule has 0 atom stereocenters. The molecule has 0 amide bonds. The Morgan fingerprint density at radius 1 is 1.50 bits per heavy atom. The van der Waals surface area contributed by atoms with Crippen molar-refractivity contribution < 1.29 is 26.8 Å². The summed E-state index contributed by atoms with van der Waals surface area (Å²) in [5.41, 5.74) is 0. The summed E-state index contributed by atoms with van der Waals surface area (Å²) in [5.74, 6) is 0.421. The van der Waals surface area contributed by atoms with Gasteiger partial charge in [0, 0.05) is 0 Å². The summed E-state index contributed by atoms with van der Waals surface area (Å²) in [5, 5.41) is 0. The van der Waals surface area contributed by atoms with Crippen LogP contribution < -0.4 is 0 Å². The maximum atomic E-state index is 10.9. The summed E-state index contributed by atoms with van der Waals surface area (Å²) in [6, 6.07) is 0. The fraction of sp³-hybridized carbons (Fsp3) is 0.667. The molecule has 0 aromatic carbocycles. The number of piperidine rings is 1. The van der Waals surface area contributed by atoms with Crippen LogP contribution in [0.1, 0.15) is 12.8 Å². The van der Waals surface area contributed by atoms with Gasteiger partial charge in [-0.15, -0.1) is 0 Å². The number of likely N-dealkylation sites (tertiary alicyclic amines) is 1. The number of carbonyl (C=O) groups excluding carboxylic acids is 1. The molecule has 0 bridgehead atoms. The summed E-state index contributed by atoms with van der Waals surface area (Å²) >= 11 is 0. The molecule has 0 saturated carbocycles. The van der Waals surface area contributed by atoms with E-state index in [9.17, 15) is 4.79 Å². The number of likely N-dealkylation sites (N-methyl/N-ethyl adjacent to an activating group) is 1. The smallest absolute Gasteiger partial charge is 0.215 e. The molecule has 0 aliphatic carbocycles. The van der Waals surface area contributed by atoms with Crippen molar-refractivity contribution in [3.05, 3.63) is 12.7 Å². The van der Waals surface area contributed by atoms with E-state index < -0.39 is 10.4 Å². The van der Waals surface area contributed by atoms with E-state index in [2.05, 4.69) is 13.6 Å². The van der Waals surface area contributed by atoms with Crippen molar-refractivity contribution in [1.82, 2.24) is 0 Å². The van der Waals surface area contributed by atoms with Gasteiger partial charge in [0.05, 0.1) is 39.5 Å². The lowest BCUT2D eigenvalue weighted by molar-refractivity contribution is -0.905. The number of nitrogens with zero attached hydrogens (tertiary/aromatic N) is 1. The van der Waals surface area contributed by atoms with Crippen molar-refractivity contribution >= 4 is 16.2 Å². The molecule has 0 spiro atoms. The van der Waals surface area contributed by atoms with Gasteiger partial charge in [-0.2, -0.15) is 0 Å². The van der Waals surface area contributed by atoms with Gasteiger partial charge >= 0.3 is 0 Å². The van der Waals surface area contributed by atoms with Crippen LogP contribution in [0, 0.1) is 0 Å². The Hall–Kier alpha value is -0.760. The predicted molar refractivity (Wildman–Crippen MR) is 57.5 cm³/mol. The molecule has 0 aromatic heterocycles. The van der Waals surface area contributed by atoms with Crippen LogP contribution in [-0.4, -0.2) is 54.5 Å². The van der Waals surface area contributed by atoms with Gasteiger partial charge < -0.3 is 9.04 Å². The minimum Gasteiger partial charge on any atom is -0.726 e. The first-order chi connectivity index (χ1) is 7.16. The normalized spacial score (nSPS) is 19.6. The van der Waals surface area contributed by atoms with Crippen molar-refractivity contribution in [2.24, 2.45) is 0 Å². The highest BCUT2D eigenvalue weighted by molar-refractivity contribution is 7.79. The lowest BCUT2D eigenvalue weighted by Crippen LogP contribution is -2.49. The molecule has 0 radical (unpaired) electrons. The molecular formula is C9H17NO5S. The van der Waals surface area contributed by atoms with Crippen molar-refractivity contribution in [3.8, 4) is 0 Å². The molecule has 6 nitrogen and oxygen atoms in total. The Bertz CT molecular complexity index is 331. The largest absolute Gasteiger partial charge is 0.726 e. The number of Topliss-reactive ketones (excluding diaryl/α,β-unsaturated/α-hetero) is 1. The topological polar surface area (TPSA) is 94.5 Å². The minimum atomic E-state index is -4.92. The van der Waals surface area contributed by atoms with Crippen LogP contribution in [0.15, 0.2) is 12.7 Å². The number of quaternary nitrogens is 1. The molecule has 1 N–H and O–H groups in total. The number of carbonyl (C=O) groups is 1. The monoisotopic (exact) mass is 251 g/mol. The average Bonchev–Trinajstić information content (AvgIpc) is 2.08. The third-order valence-electron chi connectivity index (χ3n) is 2.43. The number of ketones is 1. The second-order valence-corrected chi connectivity index (χ2v) is 4.86. The van der Waals surface area contributed by atoms with Crippen LogP contribution in [0.2, 0.25) is 0 Å². The van der Waals surface area contributed by atoms with Gasteiger partial charge in [-0.3, -0.25) is 9.35 Å². The molecule has 0 unspecified atom stereocenters. The Morgan fingerprint density at radius 2 is 1.88 bits per heavy atom. The number of rotatable bonds is 2. The van der Waals surface area contributed by atoms with Gasteiger partial charge in [-0.25, -0.2) is 8.42 Å². The molecule has 1 heterocycles. The van der Waals surface area contributed by atoms with E-state index in [0.717, 1.165) is 37.0 Å².